The van der Waals surface area contributed by atoms with Crippen molar-refractivity contribution < 1.29 is 9.47 Å². The first-order valence-corrected chi connectivity index (χ1v) is 6.25. The van der Waals surface area contributed by atoms with Gasteiger partial charge in [0.1, 0.15) is 11.8 Å². The second-order valence-corrected chi connectivity index (χ2v) is 4.30. The molecule has 0 saturated carbocycles. The van der Waals surface area contributed by atoms with Gasteiger partial charge in [-0.3, -0.25) is 0 Å². The van der Waals surface area contributed by atoms with Crippen LogP contribution in [0.1, 0.15) is 5.69 Å². The topological polar surface area (TPSA) is 72.4 Å². The first kappa shape index (κ1) is 12.9. The van der Waals surface area contributed by atoms with Gasteiger partial charge in [-0.05, 0) is 30.3 Å². The molecule has 3 rings (SSSR count). The van der Waals surface area contributed by atoms with Gasteiger partial charge in [0.25, 0.3) is 0 Å². The summed E-state index contributed by atoms with van der Waals surface area (Å²) < 4.78 is 12.0. The molecule has 0 saturated heterocycles. The fraction of sp³-hybridized carbons (Fsp3) is 0.133. The number of aromatic nitrogens is 3. The van der Waals surface area contributed by atoms with Gasteiger partial charge < -0.3 is 9.47 Å². The third kappa shape index (κ3) is 2.15. The van der Waals surface area contributed by atoms with E-state index in [2.05, 4.69) is 16.2 Å². The minimum Gasteiger partial charge on any atom is -0.493 e. The van der Waals surface area contributed by atoms with Crippen molar-refractivity contribution in [2.45, 2.75) is 0 Å². The lowest BCUT2D eigenvalue weighted by atomic mass is 10.2. The summed E-state index contributed by atoms with van der Waals surface area (Å²) >= 11 is 0. The molecule has 2 heterocycles. The van der Waals surface area contributed by atoms with Gasteiger partial charge in [-0.15, -0.1) is 5.10 Å². The van der Waals surface area contributed by atoms with E-state index >= 15 is 0 Å². The van der Waals surface area contributed by atoms with E-state index in [-0.39, 0.29) is 0 Å². The molecule has 6 heteroatoms. The van der Waals surface area contributed by atoms with Crippen LogP contribution in [-0.2, 0) is 0 Å². The molecule has 21 heavy (non-hydrogen) atoms. The Labute approximate surface area is 121 Å². The number of pyridine rings is 1. The molecule has 1 aromatic carbocycles. The Bertz CT molecular complexity index is 848. The van der Waals surface area contributed by atoms with E-state index in [1.807, 2.05) is 6.07 Å². The largest absolute Gasteiger partial charge is 0.493 e. The van der Waals surface area contributed by atoms with Gasteiger partial charge in [0.05, 0.1) is 14.2 Å². The summed E-state index contributed by atoms with van der Waals surface area (Å²) in [6.07, 6.45) is 0. The molecule has 6 nitrogen and oxygen atoms in total. The average Bonchev–Trinajstić information content (AvgIpc) is 2.98. The monoisotopic (exact) mass is 280 g/mol. The van der Waals surface area contributed by atoms with Crippen molar-refractivity contribution in [1.82, 2.24) is 14.6 Å². The lowest BCUT2D eigenvalue weighted by Gasteiger charge is -2.07. The number of benzene rings is 1. The van der Waals surface area contributed by atoms with Gasteiger partial charge in [-0.1, -0.05) is 6.07 Å². The molecule has 0 aliphatic rings. The Morgan fingerprint density at radius 2 is 1.90 bits per heavy atom. The molecule has 0 unspecified atom stereocenters. The molecule has 0 radical (unpaired) electrons. The highest BCUT2D eigenvalue weighted by molar-refractivity contribution is 5.63. The highest BCUT2D eigenvalue weighted by Crippen LogP contribution is 2.31. The highest BCUT2D eigenvalue weighted by Gasteiger charge is 2.11. The van der Waals surface area contributed by atoms with Crippen molar-refractivity contribution in [3.63, 3.8) is 0 Å². The standard InChI is InChI=1S/C15H12N4O2/c1-20-12-7-6-10(8-13(12)21-2)15-17-14-5-3-4-11(9-16)19(14)18-15/h3-8H,1-2H3. The van der Waals surface area contributed by atoms with E-state index < -0.39 is 0 Å². The van der Waals surface area contributed by atoms with Crippen LogP contribution in [0.3, 0.4) is 0 Å². The van der Waals surface area contributed by atoms with Crippen LogP contribution in [0.4, 0.5) is 0 Å². The molecule has 3 aromatic rings. The summed E-state index contributed by atoms with van der Waals surface area (Å²) in [5.41, 5.74) is 1.85. The molecule has 0 atom stereocenters. The number of methoxy groups -OCH3 is 2. The number of hydrogen-bond acceptors (Lipinski definition) is 5. The quantitative estimate of drug-likeness (QED) is 0.736. The zero-order valence-corrected chi connectivity index (χ0v) is 11.6. The molecule has 0 aliphatic carbocycles. The Kier molecular flexibility index (Phi) is 3.16. The smallest absolute Gasteiger partial charge is 0.182 e. The number of nitrogens with zero attached hydrogens (tertiary/aromatic N) is 4. The molecule has 0 amide bonds. The van der Waals surface area contributed by atoms with Crippen LogP contribution in [0, 0.1) is 11.3 Å². The first-order valence-electron chi connectivity index (χ1n) is 6.25. The Hall–Kier alpha value is -3.07. The SMILES string of the molecule is COc1ccc(-c2nc3cccc(C#N)n3n2)cc1OC. The summed E-state index contributed by atoms with van der Waals surface area (Å²) in [5.74, 6) is 1.77. The summed E-state index contributed by atoms with van der Waals surface area (Å²) in [4.78, 5) is 4.43. The number of fused-ring (bicyclic) bond motifs is 1. The summed E-state index contributed by atoms with van der Waals surface area (Å²) in [7, 11) is 3.16. The predicted molar refractivity (Wildman–Crippen MR) is 76.2 cm³/mol. The van der Waals surface area contributed by atoms with E-state index in [9.17, 15) is 0 Å². The number of hydrogen-bond donors (Lipinski definition) is 0. The first-order chi connectivity index (χ1) is 10.3. The van der Waals surface area contributed by atoms with E-state index in [1.165, 1.54) is 4.52 Å². The van der Waals surface area contributed by atoms with Crippen molar-refractivity contribution in [2.24, 2.45) is 0 Å². The van der Waals surface area contributed by atoms with Crippen LogP contribution in [0.25, 0.3) is 17.0 Å². The zero-order valence-electron chi connectivity index (χ0n) is 11.6. The van der Waals surface area contributed by atoms with Crippen LogP contribution in [0.15, 0.2) is 36.4 Å². The lowest BCUT2D eigenvalue weighted by molar-refractivity contribution is 0.355. The van der Waals surface area contributed by atoms with E-state index in [0.29, 0.717) is 28.7 Å². The Morgan fingerprint density at radius 3 is 2.62 bits per heavy atom. The predicted octanol–water partition coefficient (Wildman–Crippen LogP) is 2.29. The lowest BCUT2D eigenvalue weighted by Crippen LogP contribution is -1.94. The molecular weight excluding hydrogens is 268 g/mol. The maximum atomic E-state index is 9.09. The highest BCUT2D eigenvalue weighted by atomic mass is 16.5. The van der Waals surface area contributed by atoms with Crippen molar-refractivity contribution >= 4 is 5.65 Å². The molecular formula is C15H12N4O2. The molecule has 0 aliphatic heterocycles. The summed E-state index contributed by atoms with van der Waals surface area (Å²) in [6, 6.07) is 12.8. The van der Waals surface area contributed by atoms with Gasteiger partial charge >= 0.3 is 0 Å². The summed E-state index contributed by atoms with van der Waals surface area (Å²) in [6.45, 7) is 0. The molecule has 2 aromatic heterocycles. The van der Waals surface area contributed by atoms with Gasteiger partial charge in [-0.25, -0.2) is 9.50 Å². The number of ether oxygens (including phenoxy) is 2. The molecule has 0 bridgehead atoms. The average molecular weight is 280 g/mol. The molecule has 0 spiro atoms. The Balaban J connectivity index is 2.15. The van der Waals surface area contributed by atoms with Gasteiger partial charge in [0.15, 0.2) is 23.0 Å². The van der Waals surface area contributed by atoms with E-state index in [1.54, 1.807) is 44.6 Å². The van der Waals surface area contributed by atoms with E-state index in [0.717, 1.165) is 5.56 Å². The Morgan fingerprint density at radius 1 is 1.10 bits per heavy atom. The van der Waals surface area contributed by atoms with E-state index in [4.69, 9.17) is 14.7 Å². The van der Waals surface area contributed by atoms with Crippen LogP contribution >= 0.6 is 0 Å². The maximum absolute atomic E-state index is 9.09. The van der Waals surface area contributed by atoms with Crippen LogP contribution < -0.4 is 9.47 Å². The van der Waals surface area contributed by atoms with Crippen LogP contribution in [0.5, 0.6) is 11.5 Å². The minimum absolute atomic E-state index is 0.437. The van der Waals surface area contributed by atoms with Gasteiger partial charge in [0, 0.05) is 5.56 Å². The maximum Gasteiger partial charge on any atom is 0.182 e. The second kappa shape index (κ2) is 5.13. The molecule has 0 N–H and O–H groups in total. The van der Waals surface area contributed by atoms with Crippen molar-refractivity contribution in [3.8, 4) is 29.0 Å². The van der Waals surface area contributed by atoms with Gasteiger partial charge in [0.2, 0.25) is 0 Å². The van der Waals surface area contributed by atoms with Crippen LogP contribution in [-0.4, -0.2) is 28.8 Å². The fourth-order valence-electron chi connectivity index (χ4n) is 2.09. The second-order valence-electron chi connectivity index (χ2n) is 4.30. The van der Waals surface area contributed by atoms with Crippen molar-refractivity contribution in [1.29, 1.82) is 5.26 Å². The normalized spacial score (nSPS) is 10.3. The third-order valence-electron chi connectivity index (χ3n) is 3.12. The van der Waals surface area contributed by atoms with Crippen molar-refractivity contribution in [3.05, 3.63) is 42.1 Å². The molecule has 0 fully saturated rings. The zero-order chi connectivity index (χ0) is 14.8. The van der Waals surface area contributed by atoms with Crippen LogP contribution in [0.2, 0.25) is 0 Å². The minimum atomic E-state index is 0.437. The fourth-order valence-corrected chi connectivity index (χ4v) is 2.09. The van der Waals surface area contributed by atoms with Gasteiger partial charge in [-0.2, -0.15) is 5.26 Å². The third-order valence-corrected chi connectivity index (χ3v) is 3.12. The number of nitriles is 1. The molecule has 104 valence electrons. The van der Waals surface area contributed by atoms with Crippen molar-refractivity contribution in [2.75, 3.05) is 14.2 Å². The number of rotatable bonds is 3. The summed E-state index contributed by atoms with van der Waals surface area (Å²) in [5, 5.41) is 13.5.